The minimum Gasteiger partial charge on any atom is -0.465 e. The molecule has 0 aromatic heterocycles. The highest BCUT2D eigenvalue weighted by Crippen LogP contribution is 2.41. The summed E-state index contributed by atoms with van der Waals surface area (Å²) in [5, 5.41) is 14.1. The van der Waals surface area contributed by atoms with Gasteiger partial charge in [0.2, 0.25) is 0 Å². The third-order valence-electron chi connectivity index (χ3n) is 4.35. The highest BCUT2D eigenvalue weighted by Gasteiger charge is 2.33. The van der Waals surface area contributed by atoms with Crippen molar-refractivity contribution in [2.45, 2.75) is 18.9 Å². The molecule has 0 heterocycles. The van der Waals surface area contributed by atoms with Gasteiger partial charge < -0.3 is 10.1 Å². The van der Waals surface area contributed by atoms with Gasteiger partial charge in [0, 0.05) is 17.7 Å². The standard InChI is InChI=1S/C19H18N2O5/c1-26-19(23)15-9-14(10-16(11-15)21(24)25)18(22)20-17(13-7-8-13)12-5-3-2-4-6-12/h2-6,9-11,13,17H,7-8H2,1H3,(H,20,22)/t17-/m1/s1. The summed E-state index contributed by atoms with van der Waals surface area (Å²) in [7, 11) is 1.18. The van der Waals surface area contributed by atoms with Crippen molar-refractivity contribution in [1.82, 2.24) is 5.32 Å². The Morgan fingerprint density at radius 3 is 2.38 bits per heavy atom. The van der Waals surface area contributed by atoms with E-state index in [0.717, 1.165) is 30.5 Å². The third-order valence-corrected chi connectivity index (χ3v) is 4.35. The fraction of sp³-hybridized carbons (Fsp3) is 0.263. The van der Waals surface area contributed by atoms with E-state index >= 15 is 0 Å². The number of nitrogens with one attached hydrogen (secondary N) is 1. The lowest BCUT2D eigenvalue weighted by Gasteiger charge is -2.19. The molecular formula is C19H18N2O5. The van der Waals surface area contributed by atoms with Gasteiger partial charge in [-0.3, -0.25) is 14.9 Å². The summed E-state index contributed by atoms with van der Waals surface area (Å²) in [5.74, 6) is -0.843. The maximum atomic E-state index is 12.7. The number of carbonyl (C=O) groups is 2. The Labute approximate surface area is 150 Å². The van der Waals surface area contributed by atoms with Crippen molar-refractivity contribution in [3.8, 4) is 0 Å². The van der Waals surface area contributed by atoms with E-state index in [1.807, 2.05) is 30.3 Å². The van der Waals surface area contributed by atoms with Crippen LogP contribution in [0.2, 0.25) is 0 Å². The van der Waals surface area contributed by atoms with E-state index in [-0.39, 0.29) is 22.9 Å². The first kappa shape index (κ1) is 17.6. The van der Waals surface area contributed by atoms with Crippen molar-refractivity contribution < 1.29 is 19.2 Å². The fourth-order valence-electron chi connectivity index (χ4n) is 2.87. The van der Waals surface area contributed by atoms with Gasteiger partial charge in [-0.2, -0.15) is 0 Å². The summed E-state index contributed by atoms with van der Waals surface area (Å²) >= 11 is 0. The second-order valence-electron chi connectivity index (χ2n) is 6.22. The summed E-state index contributed by atoms with van der Waals surface area (Å²) in [6.07, 6.45) is 2.03. The molecule has 1 saturated carbocycles. The molecule has 2 aromatic rings. The second kappa shape index (κ2) is 7.35. The van der Waals surface area contributed by atoms with Crippen molar-refractivity contribution in [3.63, 3.8) is 0 Å². The van der Waals surface area contributed by atoms with Gasteiger partial charge in [-0.15, -0.1) is 0 Å². The number of esters is 1. The number of amides is 1. The molecule has 3 rings (SSSR count). The van der Waals surface area contributed by atoms with E-state index in [9.17, 15) is 19.7 Å². The first-order valence-electron chi connectivity index (χ1n) is 8.23. The Hall–Kier alpha value is -3.22. The van der Waals surface area contributed by atoms with Gasteiger partial charge in [-0.05, 0) is 30.4 Å². The van der Waals surface area contributed by atoms with Crippen LogP contribution >= 0.6 is 0 Å². The number of nitro benzene ring substituents is 1. The molecule has 1 aliphatic carbocycles. The van der Waals surface area contributed by atoms with Crippen LogP contribution in [-0.4, -0.2) is 23.9 Å². The molecule has 2 aromatic carbocycles. The molecule has 1 N–H and O–H groups in total. The summed E-state index contributed by atoms with van der Waals surface area (Å²) in [6, 6.07) is 13.0. The number of hydrogen-bond acceptors (Lipinski definition) is 5. The minimum atomic E-state index is -0.732. The average Bonchev–Trinajstić information content (AvgIpc) is 3.50. The molecule has 1 aliphatic rings. The zero-order valence-electron chi connectivity index (χ0n) is 14.2. The first-order valence-corrected chi connectivity index (χ1v) is 8.23. The quantitative estimate of drug-likeness (QED) is 0.488. The highest BCUT2D eigenvalue weighted by atomic mass is 16.6. The molecular weight excluding hydrogens is 336 g/mol. The summed E-state index contributed by atoms with van der Waals surface area (Å²) in [5.41, 5.74) is 0.679. The Morgan fingerprint density at radius 1 is 1.15 bits per heavy atom. The molecule has 0 aliphatic heterocycles. The molecule has 0 spiro atoms. The van der Waals surface area contributed by atoms with Gasteiger partial charge >= 0.3 is 5.97 Å². The van der Waals surface area contributed by atoms with Crippen molar-refractivity contribution >= 4 is 17.6 Å². The summed E-state index contributed by atoms with van der Waals surface area (Å²) < 4.78 is 4.61. The van der Waals surface area contributed by atoms with Crippen LogP contribution in [0.3, 0.4) is 0 Å². The number of non-ortho nitro benzene ring substituents is 1. The Morgan fingerprint density at radius 2 is 1.81 bits per heavy atom. The van der Waals surface area contributed by atoms with Crippen molar-refractivity contribution in [2.75, 3.05) is 7.11 Å². The Kier molecular flexibility index (Phi) is 4.97. The van der Waals surface area contributed by atoms with Crippen LogP contribution in [0, 0.1) is 16.0 Å². The smallest absolute Gasteiger partial charge is 0.338 e. The zero-order valence-corrected chi connectivity index (χ0v) is 14.2. The lowest BCUT2D eigenvalue weighted by atomic mass is 10.0. The summed E-state index contributed by atoms with van der Waals surface area (Å²) in [6.45, 7) is 0. The van der Waals surface area contributed by atoms with Gasteiger partial charge in [-0.1, -0.05) is 30.3 Å². The van der Waals surface area contributed by atoms with Crippen LogP contribution in [-0.2, 0) is 4.74 Å². The van der Waals surface area contributed by atoms with Crippen molar-refractivity contribution in [3.05, 3.63) is 75.3 Å². The lowest BCUT2D eigenvalue weighted by Crippen LogP contribution is -2.30. The van der Waals surface area contributed by atoms with E-state index in [1.54, 1.807) is 0 Å². The number of ether oxygens (including phenoxy) is 1. The molecule has 7 heteroatoms. The zero-order chi connectivity index (χ0) is 18.7. The van der Waals surface area contributed by atoms with Crippen molar-refractivity contribution in [2.24, 2.45) is 5.92 Å². The second-order valence-corrected chi connectivity index (χ2v) is 6.22. The highest BCUT2D eigenvalue weighted by molar-refractivity contribution is 5.99. The number of hydrogen-bond donors (Lipinski definition) is 1. The van der Waals surface area contributed by atoms with Crippen LogP contribution < -0.4 is 5.32 Å². The van der Waals surface area contributed by atoms with Gasteiger partial charge in [0.15, 0.2) is 0 Å². The molecule has 0 bridgehead atoms. The van der Waals surface area contributed by atoms with Gasteiger partial charge in [0.25, 0.3) is 11.6 Å². The van der Waals surface area contributed by atoms with E-state index < -0.39 is 16.8 Å². The number of nitrogens with zero attached hydrogens (tertiary/aromatic N) is 1. The maximum Gasteiger partial charge on any atom is 0.338 e. The predicted octanol–water partition coefficient (Wildman–Crippen LogP) is 3.26. The molecule has 0 radical (unpaired) electrons. The van der Waals surface area contributed by atoms with Gasteiger partial charge in [-0.25, -0.2) is 4.79 Å². The maximum absolute atomic E-state index is 12.7. The largest absolute Gasteiger partial charge is 0.465 e. The topological polar surface area (TPSA) is 98.5 Å². The SMILES string of the molecule is COC(=O)c1cc(C(=O)N[C@H](c2ccccc2)C2CC2)cc([N+](=O)[O-])c1. The number of nitro groups is 1. The lowest BCUT2D eigenvalue weighted by molar-refractivity contribution is -0.384. The molecule has 134 valence electrons. The molecule has 1 fully saturated rings. The molecule has 7 nitrogen and oxygen atoms in total. The fourth-order valence-corrected chi connectivity index (χ4v) is 2.87. The van der Waals surface area contributed by atoms with Crippen LogP contribution in [0.15, 0.2) is 48.5 Å². The predicted molar refractivity (Wildman–Crippen MR) is 93.8 cm³/mol. The van der Waals surface area contributed by atoms with Gasteiger partial charge in [0.1, 0.15) is 0 Å². The van der Waals surface area contributed by atoms with E-state index in [4.69, 9.17) is 0 Å². The molecule has 0 saturated heterocycles. The van der Waals surface area contributed by atoms with E-state index in [0.29, 0.717) is 5.92 Å². The van der Waals surface area contributed by atoms with Crippen molar-refractivity contribution in [1.29, 1.82) is 0 Å². The molecule has 1 amide bonds. The van der Waals surface area contributed by atoms with Gasteiger partial charge in [0.05, 0.1) is 23.6 Å². The van der Waals surface area contributed by atoms with Crippen LogP contribution in [0.4, 0.5) is 5.69 Å². The Balaban J connectivity index is 1.89. The monoisotopic (exact) mass is 354 g/mol. The average molecular weight is 354 g/mol. The molecule has 26 heavy (non-hydrogen) atoms. The van der Waals surface area contributed by atoms with Crippen LogP contribution in [0.25, 0.3) is 0 Å². The normalized spacial score (nSPS) is 14.3. The van der Waals surface area contributed by atoms with Crippen LogP contribution in [0.5, 0.6) is 0 Å². The molecule has 0 unspecified atom stereocenters. The minimum absolute atomic E-state index is 0.0328. The number of methoxy groups -OCH3 is 1. The number of benzene rings is 2. The molecule has 1 atom stereocenters. The van der Waals surface area contributed by atoms with E-state index in [1.165, 1.54) is 13.2 Å². The third kappa shape index (κ3) is 3.88. The number of rotatable bonds is 6. The van der Waals surface area contributed by atoms with E-state index in [2.05, 4.69) is 10.1 Å². The number of carbonyl (C=O) groups excluding carboxylic acids is 2. The Bertz CT molecular complexity index is 846. The first-order chi connectivity index (χ1) is 12.5. The summed E-state index contributed by atoms with van der Waals surface area (Å²) in [4.78, 5) is 34.9. The van der Waals surface area contributed by atoms with Crippen LogP contribution in [0.1, 0.15) is 45.2 Å².